The molecule has 1 heterocycles. The molecule has 0 radical (unpaired) electrons. The molecule has 0 unspecified atom stereocenters. The number of amides is 2. The third-order valence-electron chi connectivity index (χ3n) is 6.53. The number of anilines is 1. The molecule has 1 aliphatic heterocycles. The number of sulfonamides is 1. The van der Waals surface area contributed by atoms with E-state index < -0.39 is 22.2 Å². The summed E-state index contributed by atoms with van der Waals surface area (Å²) in [6, 6.07) is 14.9. The molecule has 0 spiro atoms. The van der Waals surface area contributed by atoms with E-state index in [1.54, 1.807) is 47.4 Å². The largest absolute Gasteiger partial charge is 0.490 e. The molecule has 4 rings (SSSR count). The Morgan fingerprint density at radius 2 is 1.41 bits per heavy atom. The van der Waals surface area contributed by atoms with Crippen LogP contribution in [-0.4, -0.2) is 61.5 Å². The molecule has 0 aromatic heterocycles. The van der Waals surface area contributed by atoms with Crippen molar-refractivity contribution in [1.29, 1.82) is 0 Å². The first-order valence-corrected chi connectivity index (χ1v) is 13.9. The van der Waals surface area contributed by atoms with E-state index in [2.05, 4.69) is 10.0 Å². The first-order valence-electron chi connectivity index (χ1n) is 12.4. The fourth-order valence-corrected chi connectivity index (χ4v) is 5.49. The Balaban J connectivity index is 0.000000532. The van der Waals surface area contributed by atoms with Gasteiger partial charge in [-0.3, -0.25) is 14.3 Å². The van der Waals surface area contributed by atoms with Crippen LogP contribution in [0.15, 0.2) is 59.5 Å². The van der Waals surface area contributed by atoms with E-state index >= 15 is 0 Å². The zero-order chi connectivity index (χ0) is 28.6. The number of hydrogen-bond acceptors (Lipinski definition) is 5. The van der Waals surface area contributed by atoms with Gasteiger partial charge in [-0.2, -0.15) is 13.2 Å². The lowest BCUT2D eigenvalue weighted by Crippen LogP contribution is -2.44. The first kappa shape index (κ1) is 29.9. The van der Waals surface area contributed by atoms with Crippen molar-refractivity contribution in [3.63, 3.8) is 0 Å². The fourth-order valence-electron chi connectivity index (χ4n) is 4.41. The Labute approximate surface area is 224 Å². The summed E-state index contributed by atoms with van der Waals surface area (Å²) in [5, 5.41) is 10.3. The average molecular weight is 570 g/mol. The number of carboxylic acids is 1. The highest BCUT2D eigenvalue weighted by Gasteiger charge is 2.38. The molecule has 3 N–H and O–H groups in total. The molecule has 13 heteroatoms. The minimum atomic E-state index is -5.08. The number of benzene rings is 2. The minimum absolute atomic E-state index is 0.0329. The van der Waals surface area contributed by atoms with Crippen LogP contribution < -0.4 is 10.0 Å². The van der Waals surface area contributed by atoms with Crippen molar-refractivity contribution in [2.45, 2.75) is 55.6 Å². The van der Waals surface area contributed by atoms with Crippen molar-refractivity contribution >= 4 is 33.5 Å². The van der Waals surface area contributed by atoms with Gasteiger partial charge in [-0.1, -0.05) is 31.0 Å². The van der Waals surface area contributed by atoms with Crippen LogP contribution in [0.4, 0.5) is 18.9 Å². The van der Waals surface area contributed by atoms with Crippen molar-refractivity contribution in [2.75, 3.05) is 17.8 Å². The summed E-state index contributed by atoms with van der Waals surface area (Å²) in [6.07, 6.45) is 0.758. The van der Waals surface area contributed by atoms with Gasteiger partial charge < -0.3 is 15.3 Å². The lowest BCUT2D eigenvalue weighted by atomic mass is 9.95. The van der Waals surface area contributed by atoms with E-state index in [0.29, 0.717) is 43.2 Å². The van der Waals surface area contributed by atoms with Crippen LogP contribution in [0.3, 0.4) is 0 Å². The van der Waals surface area contributed by atoms with Crippen LogP contribution in [0, 0.1) is 5.92 Å². The van der Waals surface area contributed by atoms with Crippen LogP contribution in [-0.2, 0) is 19.6 Å². The zero-order valence-electron chi connectivity index (χ0n) is 21.0. The molecule has 212 valence electrons. The van der Waals surface area contributed by atoms with E-state index in [0.717, 1.165) is 12.8 Å². The monoisotopic (exact) mass is 569 g/mol. The van der Waals surface area contributed by atoms with E-state index in [-0.39, 0.29) is 22.6 Å². The average Bonchev–Trinajstić information content (AvgIpc) is 3.42. The fraction of sp³-hybridized carbons (Fsp3) is 0.423. The molecule has 1 saturated heterocycles. The number of hydrogen-bond donors (Lipinski definition) is 3. The zero-order valence-corrected chi connectivity index (χ0v) is 21.8. The highest BCUT2D eigenvalue weighted by molar-refractivity contribution is 7.92. The van der Waals surface area contributed by atoms with Gasteiger partial charge in [0.25, 0.3) is 15.9 Å². The molecule has 0 bridgehead atoms. The van der Waals surface area contributed by atoms with Gasteiger partial charge in [0.05, 0.1) is 4.90 Å². The molecule has 1 aliphatic carbocycles. The summed E-state index contributed by atoms with van der Waals surface area (Å²) in [7, 11) is -3.67. The van der Waals surface area contributed by atoms with Crippen molar-refractivity contribution < 1.29 is 41.1 Å². The topological polar surface area (TPSA) is 133 Å². The van der Waals surface area contributed by atoms with Gasteiger partial charge in [0.1, 0.15) is 0 Å². The summed E-state index contributed by atoms with van der Waals surface area (Å²) < 4.78 is 59.2. The number of carbonyl (C=O) groups is 3. The maximum Gasteiger partial charge on any atom is 0.490 e. The lowest BCUT2D eigenvalue weighted by molar-refractivity contribution is -0.192. The van der Waals surface area contributed by atoms with Crippen molar-refractivity contribution in [2.24, 2.45) is 5.92 Å². The number of aliphatic carboxylic acids is 1. The number of nitrogens with one attached hydrogen (secondary N) is 2. The van der Waals surface area contributed by atoms with Gasteiger partial charge in [0.2, 0.25) is 5.91 Å². The Morgan fingerprint density at radius 3 is 1.92 bits per heavy atom. The van der Waals surface area contributed by atoms with Crippen LogP contribution >= 0.6 is 0 Å². The van der Waals surface area contributed by atoms with Gasteiger partial charge >= 0.3 is 12.1 Å². The molecule has 2 amide bonds. The quantitative estimate of drug-likeness (QED) is 0.481. The number of halogens is 3. The number of rotatable bonds is 6. The summed E-state index contributed by atoms with van der Waals surface area (Å²) in [4.78, 5) is 36.2. The maximum absolute atomic E-state index is 12.9. The number of likely N-dealkylation sites (tertiary alicyclic amines) is 1. The number of nitrogens with zero attached hydrogens (tertiary/aromatic N) is 1. The molecule has 9 nitrogen and oxygen atoms in total. The molecule has 2 fully saturated rings. The van der Waals surface area contributed by atoms with Crippen LogP contribution in [0.1, 0.15) is 48.9 Å². The molecular formula is C26H30F3N3O6S. The van der Waals surface area contributed by atoms with E-state index in [1.165, 1.54) is 25.0 Å². The third kappa shape index (κ3) is 8.70. The second-order valence-electron chi connectivity index (χ2n) is 9.36. The number of piperidine rings is 1. The maximum atomic E-state index is 12.9. The Hall–Kier alpha value is -3.61. The van der Waals surface area contributed by atoms with Gasteiger partial charge in [-0.25, -0.2) is 13.2 Å². The smallest absolute Gasteiger partial charge is 0.475 e. The summed E-state index contributed by atoms with van der Waals surface area (Å²) >= 11 is 0. The molecule has 0 atom stereocenters. The molecule has 2 aliphatic rings. The van der Waals surface area contributed by atoms with Gasteiger partial charge in [0.15, 0.2) is 0 Å². The second kappa shape index (κ2) is 13.0. The Bertz CT molecular complexity index is 1240. The van der Waals surface area contributed by atoms with Crippen molar-refractivity contribution in [3.8, 4) is 0 Å². The number of carbonyl (C=O) groups excluding carboxylic acids is 2. The van der Waals surface area contributed by atoms with Crippen molar-refractivity contribution in [1.82, 2.24) is 10.2 Å². The van der Waals surface area contributed by atoms with Gasteiger partial charge in [-0.15, -0.1) is 0 Å². The van der Waals surface area contributed by atoms with Crippen LogP contribution in [0.2, 0.25) is 0 Å². The van der Waals surface area contributed by atoms with Crippen LogP contribution in [0.25, 0.3) is 0 Å². The van der Waals surface area contributed by atoms with E-state index in [4.69, 9.17) is 9.90 Å². The molecule has 2 aromatic carbocycles. The highest BCUT2D eigenvalue weighted by Crippen LogP contribution is 2.23. The highest BCUT2D eigenvalue weighted by atomic mass is 32.2. The molecule has 39 heavy (non-hydrogen) atoms. The summed E-state index contributed by atoms with van der Waals surface area (Å²) in [6.45, 7) is 1.09. The van der Waals surface area contributed by atoms with Gasteiger partial charge in [0, 0.05) is 36.3 Å². The number of alkyl halides is 3. The summed E-state index contributed by atoms with van der Waals surface area (Å²) in [5.74, 6) is -2.77. The standard InChI is InChI=1S/C24H29N3O4S.C2HF3O2/c28-23(25-20-6-4-5-7-20)18-14-16-27(17-15-18)24(29)19-10-12-21(13-11-19)26-32(30,31)22-8-2-1-3-9-22;3-2(4,5)1(6)7/h1-3,8-13,18,20,26H,4-7,14-17H2,(H,25,28);(H,6,7). The molecular weight excluding hydrogens is 539 g/mol. The number of carboxylic acid groups (broad SMARTS) is 1. The molecule has 1 saturated carbocycles. The van der Waals surface area contributed by atoms with Gasteiger partial charge in [-0.05, 0) is 62.1 Å². The van der Waals surface area contributed by atoms with Crippen LogP contribution in [0.5, 0.6) is 0 Å². The van der Waals surface area contributed by atoms with E-state index in [9.17, 15) is 31.2 Å². The predicted molar refractivity (Wildman–Crippen MR) is 136 cm³/mol. The third-order valence-corrected chi connectivity index (χ3v) is 7.93. The predicted octanol–water partition coefficient (Wildman–Crippen LogP) is 4.03. The molecule has 2 aromatic rings. The van der Waals surface area contributed by atoms with E-state index in [1.807, 2.05) is 0 Å². The second-order valence-corrected chi connectivity index (χ2v) is 11.0. The van der Waals surface area contributed by atoms with Crippen molar-refractivity contribution in [3.05, 3.63) is 60.2 Å². The Morgan fingerprint density at radius 1 is 0.872 bits per heavy atom. The summed E-state index contributed by atoms with van der Waals surface area (Å²) in [5.41, 5.74) is 0.897. The normalized spacial score (nSPS) is 16.6. The first-order chi connectivity index (χ1) is 18.4. The lowest BCUT2D eigenvalue weighted by Gasteiger charge is -2.32. The SMILES string of the molecule is O=C(NC1CCCC1)C1CCN(C(=O)c2ccc(NS(=O)(=O)c3ccccc3)cc2)CC1.O=C(O)C(F)(F)F. The minimum Gasteiger partial charge on any atom is -0.475 e. The Kier molecular flexibility index (Phi) is 9.95.